The first-order valence-electron chi connectivity index (χ1n) is 19.2. The average molecular weight is 819 g/mol. The molecule has 316 valence electrons. The molecule has 1 unspecified atom stereocenters. The molecule has 58 heavy (non-hydrogen) atoms. The smallest absolute Gasteiger partial charge is 0.348 e. The van der Waals surface area contributed by atoms with Gasteiger partial charge in [0, 0.05) is 50.0 Å². The van der Waals surface area contributed by atoms with E-state index in [2.05, 4.69) is 0 Å². The van der Waals surface area contributed by atoms with Crippen LogP contribution < -0.4 is 0 Å². The average Bonchev–Trinajstić information content (AvgIpc) is 3.48. The van der Waals surface area contributed by atoms with Gasteiger partial charge < -0.3 is 62.4 Å². The monoisotopic (exact) mass is 818 g/mol. The molecule has 19 heteroatoms. The lowest BCUT2D eigenvalue weighted by molar-refractivity contribution is -0.455. The SMILES string of the molecule is COC(=O)[C@H](OC(C)=O)[C@H]1[C@]2(C)C[C@]3(O)[C@@](O)([C@@H](OC(=O)C(C)C)[C@]45OC6(C)O[C@H]([C@H](O)[C@]78C[C@@]74[C@@H](OC(C)=O)C(=O)O[C@H]8c4ccoc4)[C@]5(O6)[C@]13C)[C@H]2OC(C)=O. The van der Waals surface area contributed by atoms with E-state index in [-0.39, 0.29) is 12.0 Å². The van der Waals surface area contributed by atoms with Crippen molar-refractivity contribution in [1.29, 1.82) is 0 Å². The fourth-order valence-corrected chi connectivity index (χ4v) is 14.0. The van der Waals surface area contributed by atoms with Gasteiger partial charge in [-0.2, -0.15) is 0 Å². The quantitative estimate of drug-likeness (QED) is 0.235. The first kappa shape index (κ1) is 39.3. The van der Waals surface area contributed by atoms with Crippen molar-refractivity contribution in [3.63, 3.8) is 0 Å². The fourth-order valence-electron chi connectivity index (χ4n) is 14.0. The predicted molar refractivity (Wildman–Crippen MR) is 182 cm³/mol. The van der Waals surface area contributed by atoms with Crippen LogP contribution in [0.5, 0.6) is 0 Å². The molecular formula is C39H46O19. The molecule has 5 aliphatic carbocycles. The lowest BCUT2D eigenvalue weighted by Gasteiger charge is -2.76. The third kappa shape index (κ3) is 3.72. The summed E-state index contributed by atoms with van der Waals surface area (Å²) in [5.41, 5.74) is -18.2. The summed E-state index contributed by atoms with van der Waals surface area (Å²) < 4.78 is 61.2. The van der Waals surface area contributed by atoms with Gasteiger partial charge in [0.15, 0.2) is 17.3 Å². The molecule has 19 nitrogen and oxygen atoms in total. The number of hydrogen-bond donors (Lipinski definition) is 3. The van der Waals surface area contributed by atoms with Crippen molar-refractivity contribution >= 4 is 35.8 Å². The minimum absolute atomic E-state index is 0.266. The third-order valence-electron chi connectivity index (χ3n) is 15.3. The van der Waals surface area contributed by atoms with Gasteiger partial charge in [-0.1, -0.05) is 27.7 Å². The van der Waals surface area contributed by atoms with Crippen LogP contribution in [0.25, 0.3) is 0 Å². The molecule has 8 aliphatic rings. The minimum Gasteiger partial charge on any atom is -0.472 e. The summed E-state index contributed by atoms with van der Waals surface area (Å²) in [4.78, 5) is 81.9. The molecule has 0 aromatic carbocycles. The van der Waals surface area contributed by atoms with E-state index in [1.165, 1.54) is 53.2 Å². The maximum absolute atomic E-state index is 14.6. The number of aliphatic hydroxyl groups is 3. The number of cyclic esters (lactones) is 1. The zero-order valence-corrected chi connectivity index (χ0v) is 33.2. The molecule has 8 fully saturated rings. The van der Waals surface area contributed by atoms with Gasteiger partial charge in [-0.3, -0.25) is 19.2 Å². The highest BCUT2D eigenvalue weighted by atomic mass is 17.0. The van der Waals surface area contributed by atoms with Crippen LogP contribution in [0.4, 0.5) is 0 Å². The van der Waals surface area contributed by atoms with Crippen molar-refractivity contribution in [2.75, 3.05) is 7.11 Å². The molecule has 3 saturated heterocycles. The zero-order chi connectivity index (χ0) is 42.3. The number of hydrogen-bond acceptors (Lipinski definition) is 19. The van der Waals surface area contributed by atoms with Crippen molar-refractivity contribution < 1.29 is 91.1 Å². The van der Waals surface area contributed by atoms with E-state index in [1.54, 1.807) is 0 Å². The van der Waals surface area contributed by atoms with E-state index >= 15 is 0 Å². The van der Waals surface area contributed by atoms with Crippen LogP contribution in [0.2, 0.25) is 0 Å². The van der Waals surface area contributed by atoms with Gasteiger partial charge in [0.2, 0.25) is 12.2 Å². The topological polar surface area (TPSA) is 259 Å². The van der Waals surface area contributed by atoms with Crippen molar-refractivity contribution in [2.45, 2.75) is 139 Å². The van der Waals surface area contributed by atoms with Gasteiger partial charge in [-0.15, -0.1) is 0 Å². The van der Waals surface area contributed by atoms with Gasteiger partial charge in [-0.25, -0.2) is 9.59 Å². The summed E-state index contributed by atoms with van der Waals surface area (Å²) in [5, 5.41) is 40.8. The highest BCUT2D eigenvalue weighted by Gasteiger charge is 3.11. The highest BCUT2D eigenvalue weighted by molar-refractivity contribution is 5.85. The second-order valence-corrected chi connectivity index (χ2v) is 18.1. The summed E-state index contributed by atoms with van der Waals surface area (Å²) in [6.45, 7) is 10.4. The number of carbonyl (C=O) groups is 6. The van der Waals surface area contributed by atoms with E-state index in [0.717, 1.165) is 27.9 Å². The molecule has 4 bridgehead atoms. The summed E-state index contributed by atoms with van der Waals surface area (Å²) >= 11 is 0. The Kier molecular flexibility index (Phi) is 7.57. The second kappa shape index (κ2) is 11.2. The maximum Gasteiger partial charge on any atom is 0.348 e. The molecule has 17 atom stereocenters. The number of ether oxygens (including phenoxy) is 9. The largest absolute Gasteiger partial charge is 0.472 e. The Morgan fingerprint density at radius 1 is 0.879 bits per heavy atom. The Bertz CT molecular complexity index is 2070. The molecule has 0 amide bonds. The molecule has 1 aromatic heterocycles. The molecular weight excluding hydrogens is 772 g/mol. The zero-order valence-electron chi connectivity index (χ0n) is 33.2. The lowest BCUT2D eigenvalue weighted by Crippen LogP contribution is -2.97. The highest BCUT2D eigenvalue weighted by Crippen LogP contribution is 2.95. The third-order valence-corrected chi connectivity index (χ3v) is 15.3. The fraction of sp³-hybridized carbons (Fsp3) is 0.744. The summed E-state index contributed by atoms with van der Waals surface area (Å²) in [7, 11) is 1.04. The Morgan fingerprint density at radius 3 is 2.10 bits per heavy atom. The van der Waals surface area contributed by atoms with E-state index in [0.29, 0.717) is 0 Å². The Balaban J connectivity index is 1.45. The number of furan rings is 1. The van der Waals surface area contributed by atoms with Crippen molar-refractivity contribution in [3.05, 3.63) is 24.2 Å². The van der Waals surface area contributed by atoms with Gasteiger partial charge in [0.05, 0.1) is 42.5 Å². The maximum atomic E-state index is 14.6. The molecule has 4 heterocycles. The number of methoxy groups -OCH3 is 1. The van der Waals surface area contributed by atoms with Gasteiger partial charge >= 0.3 is 35.8 Å². The molecule has 1 aromatic rings. The number of rotatable bonds is 8. The van der Waals surface area contributed by atoms with Crippen LogP contribution in [-0.4, -0.2) is 123 Å². The normalized spacial score (nSPS) is 51.1. The predicted octanol–water partition coefficient (Wildman–Crippen LogP) is 0.283. The second-order valence-electron chi connectivity index (χ2n) is 18.1. The molecule has 3 N–H and O–H groups in total. The van der Waals surface area contributed by atoms with Gasteiger partial charge in [0.1, 0.15) is 29.5 Å². The van der Waals surface area contributed by atoms with Gasteiger partial charge in [0.25, 0.3) is 5.97 Å². The number of aliphatic hydroxyl groups excluding tert-OH is 1. The van der Waals surface area contributed by atoms with Crippen LogP contribution in [-0.2, 0) is 71.4 Å². The Morgan fingerprint density at radius 2 is 1.53 bits per heavy atom. The van der Waals surface area contributed by atoms with Crippen LogP contribution in [0, 0.1) is 33.5 Å². The van der Waals surface area contributed by atoms with Gasteiger partial charge in [-0.05, 0) is 18.9 Å². The number of esters is 6. The molecule has 1 spiro atoms. The first-order chi connectivity index (χ1) is 26.9. The van der Waals surface area contributed by atoms with Crippen LogP contribution in [0.1, 0.15) is 79.9 Å². The minimum atomic E-state index is -2.93. The summed E-state index contributed by atoms with van der Waals surface area (Å²) in [6, 6.07) is 1.50. The number of fused-ring (bicyclic) bond motifs is 2. The van der Waals surface area contributed by atoms with E-state index in [4.69, 9.17) is 47.0 Å². The van der Waals surface area contributed by atoms with Crippen molar-refractivity contribution in [2.24, 2.45) is 33.5 Å². The van der Waals surface area contributed by atoms with Crippen LogP contribution in [0.3, 0.4) is 0 Å². The van der Waals surface area contributed by atoms with Crippen LogP contribution in [0.15, 0.2) is 23.0 Å². The molecule has 5 saturated carbocycles. The van der Waals surface area contributed by atoms with E-state index in [9.17, 15) is 44.1 Å². The summed E-state index contributed by atoms with van der Waals surface area (Å²) in [5.74, 6) is -10.7. The number of carbonyl (C=O) groups excluding carboxylic acids is 6. The van der Waals surface area contributed by atoms with Crippen molar-refractivity contribution in [1.82, 2.24) is 0 Å². The van der Waals surface area contributed by atoms with E-state index in [1.807, 2.05) is 0 Å². The molecule has 0 radical (unpaired) electrons. The first-order valence-corrected chi connectivity index (χ1v) is 19.2. The summed E-state index contributed by atoms with van der Waals surface area (Å²) in [6.07, 6.45) is -11.0. The molecule has 3 aliphatic heterocycles. The molecule has 9 rings (SSSR count). The Hall–Kier alpha value is -4.14. The lowest BCUT2D eigenvalue weighted by atomic mass is 9.33. The standard InChI is InChI=1S/C39H46O19/c1-15(2)26(44)55-30-37(48)29(53-18(5)42)31(6)13-36(37,47)32(7,21(31)20(27(45)49-9)51-16(3)40)38-24-22(43)34-14-35(34,39(30,38)58-33(8,56-24)57-38)25(52-17(4)41)28(46)54-23(34)19-10-11-50-12-19/h10-12,15,20-25,29-30,43,47-48H,13-14H2,1-9H3/t20-,21+,22+,23+,24-,25+,29+,30-,31+,32-,33?,34+,35-,36-,37+,38+,39+/m1/s1. The van der Waals surface area contributed by atoms with Crippen LogP contribution >= 0.6 is 0 Å². The van der Waals surface area contributed by atoms with Crippen molar-refractivity contribution in [3.8, 4) is 0 Å². The Labute approximate surface area is 330 Å². The van der Waals surface area contributed by atoms with E-state index < -0.39 is 147 Å².